The average molecular weight is 446 g/mol. The third-order valence-corrected chi connectivity index (χ3v) is 6.13. The highest BCUT2D eigenvalue weighted by molar-refractivity contribution is 7.90. The molecule has 0 aliphatic carbocycles. The molecule has 2 aromatic carbocycles. The average Bonchev–Trinajstić information content (AvgIpc) is 3.32. The number of anilines is 1. The van der Waals surface area contributed by atoms with Gasteiger partial charge in [0.1, 0.15) is 23.9 Å². The largest absolute Gasteiger partial charge is 0.486 e. The van der Waals surface area contributed by atoms with Crippen molar-refractivity contribution < 1.29 is 26.8 Å². The molecule has 0 aliphatic heterocycles. The third kappa shape index (κ3) is 4.50. The first-order valence-electron chi connectivity index (χ1n) is 8.67. The number of nitrogens with one attached hydrogen (secondary N) is 1. The van der Waals surface area contributed by atoms with E-state index in [1.807, 2.05) is 0 Å². The Bertz CT molecular complexity index is 1330. The van der Waals surface area contributed by atoms with Crippen molar-refractivity contribution >= 4 is 42.4 Å². The van der Waals surface area contributed by atoms with Crippen LogP contribution in [0.2, 0.25) is 0 Å². The van der Waals surface area contributed by atoms with Crippen LogP contribution < -0.4 is 10.1 Å². The monoisotopic (exact) mass is 446 g/mol. The van der Waals surface area contributed by atoms with Gasteiger partial charge in [-0.2, -0.15) is 0 Å². The molecular weight excluding hydrogens is 431 g/mol. The van der Waals surface area contributed by atoms with E-state index < -0.39 is 15.7 Å². The van der Waals surface area contributed by atoms with Crippen LogP contribution in [0.25, 0.3) is 10.2 Å². The van der Waals surface area contributed by atoms with Gasteiger partial charge in [-0.15, -0.1) is 0 Å². The molecule has 4 rings (SSSR count). The number of carbonyl (C=O) groups excluding carboxylic acids is 1. The Morgan fingerprint density at radius 2 is 1.93 bits per heavy atom. The first-order valence-corrected chi connectivity index (χ1v) is 11.4. The number of halogens is 1. The maximum Gasteiger partial charge on any atom is 0.293 e. The Morgan fingerprint density at radius 3 is 2.67 bits per heavy atom. The third-order valence-electron chi connectivity index (χ3n) is 4.09. The number of rotatable bonds is 6. The molecule has 2 heterocycles. The van der Waals surface area contributed by atoms with E-state index in [0.29, 0.717) is 26.9 Å². The number of aromatic nitrogens is 1. The Morgan fingerprint density at radius 1 is 1.17 bits per heavy atom. The fourth-order valence-corrected chi connectivity index (χ4v) is 4.23. The number of nitrogens with zero attached hydrogens (tertiary/aromatic N) is 1. The Labute approximate surface area is 175 Å². The maximum absolute atomic E-state index is 12.9. The number of benzene rings is 2. The fraction of sp³-hybridized carbons (Fsp3) is 0.100. The topological polar surface area (TPSA) is 98.5 Å². The SMILES string of the molecule is CS(=O)(=O)c1ccc2nc(NC(=O)c3ccc(COc4ccc(F)cc4)o3)sc2c1. The summed E-state index contributed by atoms with van der Waals surface area (Å²) in [4.78, 5) is 16.9. The zero-order chi connectivity index (χ0) is 21.3. The van der Waals surface area contributed by atoms with Gasteiger partial charge in [0.15, 0.2) is 20.7 Å². The minimum Gasteiger partial charge on any atom is -0.486 e. The Kier molecular flexibility index (Phi) is 5.27. The summed E-state index contributed by atoms with van der Waals surface area (Å²) in [6.07, 6.45) is 1.13. The zero-order valence-corrected chi connectivity index (χ0v) is 17.2. The van der Waals surface area contributed by atoms with Gasteiger partial charge in [-0.05, 0) is 54.6 Å². The quantitative estimate of drug-likeness (QED) is 0.475. The summed E-state index contributed by atoms with van der Waals surface area (Å²) in [5.74, 6) is 0.115. The standard InChI is InChI=1S/C20H15FN2O5S2/c1-30(25,26)15-7-8-16-18(10-15)29-20(22-16)23-19(24)17-9-6-14(28-17)11-27-13-4-2-12(21)3-5-13/h2-10H,11H2,1H3,(H,22,23,24). The molecule has 1 amide bonds. The van der Waals surface area contributed by atoms with Crippen molar-refractivity contribution in [2.75, 3.05) is 11.6 Å². The van der Waals surface area contributed by atoms with E-state index in [0.717, 1.165) is 17.6 Å². The number of fused-ring (bicyclic) bond motifs is 1. The molecule has 30 heavy (non-hydrogen) atoms. The first-order chi connectivity index (χ1) is 14.3. The van der Waals surface area contributed by atoms with E-state index >= 15 is 0 Å². The van der Waals surface area contributed by atoms with Crippen molar-refractivity contribution in [3.63, 3.8) is 0 Å². The lowest BCUT2D eigenvalue weighted by molar-refractivity contribution is 0.0992. The summed E-state index contributed by atoms with van der Waals surface area (Å²) >= 11 is 1.16. The van der Waals surface area contributed by atoms with Crippen LogP contribution in [0.4, 0.5) is 9.52 Å². The van der Waals surface area contributed by atoms with Gasteiger partial charge in [0.2, 0.25) is 0 Å². The molecule has 0 fully saturated rings. The van der Waals surface area contributed by atoms with Crippen molar-refractivity contribution in [3.8, 4) is 5.75 Å². The zero-order valence-electron chi connectivity index (χ0n) is 15.6. The van der Waals surface area contributed by atoms with Crippen molar-refractivity contribution in [2.45, 2.75) is 11.5 Å². The minimum absolute atomic E-state index is 0.0730. The number of hydrogen-bond donors (Lipinski definition) is 1. The predicted octanol–water partition coefficient (Wildman–Crippen LogP) is 4.26. The fourth-order valence-electron chi connectivity index (χ4n) is 2.61. The second kappa shape index (κ2) is 7.88. The van der Waals surface area contributed by atoms with Crippen molar-refractivity contribution in [1.82, 2.24) is 4.98 Å². The van der Waals surface area contributed by atoms with Gasteiger partial charge >= 0.3 is 0 Å². The molecule has 0 unspecified atom stereocenters. The number of amides is 1. The molecule has 0 spiro atoms. The van der Waals surface area contributed by atoms with Crippen LogP contribution in [0, 0.1) is 5.82 Å². The van der Waals surface area contributed by atoms with Crippen LogP contribution >= 0.6 is 11.3 Å². The molecule has 0 saturated carbocycles. The van der Waals surface area contributed by atoms with Crippen LogP contribution in [0.15, 0.2) is 63.9 Å². The minimum atomic E-state index is -3.33. The van der Waals surface area contributed by atoms with Crippen molar-refractivity contribution in [1.29, 1.82) is 0 Å². The summed E-state index contributed by atoms with van der Waals surface area (Å²) in [5, 5.41) is 2.96. The molecule has 0 radical (unpaired) electrons. The van der Waals surface area contributed by atoms with Gasteiger partial charge in [-0.1, -0.05) is 11.3 Å². The summed E-state index contributed by atoms with van der Waals surface area (Å²) in [6, 6.07) is 13.3. The highest BCUT2D eigenvalue weighted by atomic mass is 32.2. The van der Waals surface area contributed by atoms with Crippen LogP contribution in [-0.4, -0.2) is 25.6 Å². The molecule has 0 atom stereocenters. The summed E-state index contributed by atoms with van der Waals surface area (Å²) in [7, 11) is -3.33. The number of ether oxygens (including phenoxy) is 1. The van der Waals surface area contributed by atoms with E-state index in [9.17, 15) is 17.6 Å². The lowest BCUT2D eigenvalue weighted by atomic mass is 10.3. The first kappa shape index (κ1) is 20.0. The summed E-state index contributed by atoms with van der Waals surface area (Å²) in [6.45, 7) is 0.0777. The lowest BCUT2D eigenvalue weighted by Crippen LogP contribution is -2.10. The highest BCUT2D eigenvalue weighted by Crippen LogP contribution is 2.28. The molecule has 0 saturated heterocycles. The van der Waals surface area contributed by atoms with Crippen LogP contribution in [0.3, 0.4) is 0 Å². The molecule has 1 N–H and O–H groups in total. The van der Waals surface area contributed by atoms with Crippen LogP contribution in [-0.2, 0) is 16.4 Å². The van der Waals surface area contributed by atoms with Gasteiger partial charge in [0.05, 0.1) is 15.1 Å². The molecule has 0 aliphatic rings. The summed E-state index contributed by atoms with van der Waals surface area (Å²) in [5.41, 5.74) is 0.579. The van der Waals surface area contributed by atoms with E-state index in [4.69, 9.17) is 9.15 Å². The second-order valence-electron chi connectivity index (χ2n) is 6.38. The van der Waals surface area contributed by atoms with E-state index in [1.165, 1.54) is 42.5 Å². The van der Waals surface area contributed by atoms with Gasteiger partial charge in [-0.3, -0.25) is 10.1 Å². The molecule has 10 heteroatoms. The number of carbonyl (C=O) groups is 1. The van der Waals surface area contributed by atoms with Gasteiger partial charge in [0.25, 0.3) is 5.91 Å². The molecule has 7 nitrogen and oxygen atoms in total. The van der Waals surface area contributed by atoms with Gasteiger partial charge in [0, 0.05) is 6.26 Å². The molecular formula is C20H15FN2O5S2. The van der Waals surface area contributed by atoms with Crippen LogP contribution in [0.5, 0.6) is 5.75 Å². The van der Waals surface area contributed by atoms with Crippen molar-refractivity contribution in [2.24, 2.45) is 0 Å². The van der Waals surface area contributed by atoms with Gasteiger partial charge < -0.3 is 9.15 Å². The number of sulfone groups is 1. The predicted molar refractivity (Wildman–Crippen MR) is 110 cm³/mol. The van der Waals surface area contributed by atoms with Crippen molar-refractivity contribution in [3.05, 3.63) is 71.9 Å². The highest BCUT2D eigenvalue weighted by Gasteiger charge is 2.15. The number of thiazole rings is 1. The molecule has 154 valence electrons. The number of hydrogen-bond acceptors (Lipinski definition) is 7. The summed E-state index contributed by atoms with van der Waals surface area (Å²) < 4.78 is 47.9. The smallest absolute Gasteiger partial charge is 0.293 e. The molecule has 0 bridgehead atoms. The normalized spacial score (nSPS) is 11.5. The second-order valence-corrected chi connectivity index (χ2v) is 9.43. The number of furan rings is 1. The van der Waals surface area contributed by atoms with E-state index in [2.05, 4.69) is 10.3 Å². The Hall–Kier alpha value is -3.24. The lowest BCUT2D eigenvalue weighted by Gasteiger charge is -2.03. The van der Waals surface area contributed by atoms with Gasteiger partial charge in [-0.25, -0.2) is 17.8 Å². The van der Waals surface area contributed by atoms with E-state index in [1.54, 1.807) is 12.1 Å². The van der Waals surface area contributed by atoms with E-state index in [-0.39, 0.29) is 23.1 Å². The molecule has 4 aromatic rings. The molecule has 2 aromatic heterocycles. The Balaban J connectivity index is 1.43. The van der Waals surface area contributed by atoms with Crippen LogP contribution in [0.1, 0.15) is 16.3 Å². The maximum atomic E-state index is 12.9.